The summed E-state index contributed by atoms with van der Waals surface area (Å²) in [5.74, 6) is 8.00. The number of nitrogens with two attached hydrogens (primary N) is 2. The number of pyridine rings is 1. The molecule has 1 aromatic carbocycles. The maximum Gasteiger partial charge on any atom is 0.189 e. The Morgan fingerprint density at radius 3 is 2.81 bits per heavy atom. The smallest absolute Gasteiger partial charge is 0.189 e. The first-order valence-electron chi connectivity index (χ1n) is 9.07. The van der Waals surface area contributed by atoms with Gasteiger partial charge in [0.1, 0.15) is 5.75 Å². The molecule has 1 saturated heterocycles. The molecule has 0 unspecified atom stereocenters. The highest BCUT2D eigenvalue weighted by Gasteiger charge is 2.21. The van der Waals surface area contributed by atoms with Crippen molar-refractivity contribution in [2.75, 3.05) is 31.8 Å². The Morgan fingerprint density at radius 1 is 1.33 bits per heavy atom. The van der Waals surface area contributed by atoms with E-state index in [1.54, 1.807) is 37.7 Å². The lowest BCUT2D eigenvalue weighted by molar-refractivity contribution is 0.227. The van der Waals surface area contributed by atoms with Gasteiger partial charge in [0, 0.05) is 24.6 Å². The summed E-state index contributed by atoms with van der Waals surface area (Å²) in [6, 6.07) is 11.2. The summed E-state index contributed by atoms with van der Waals surface area (Å²) in [6.07, 6.45) is 5.42. The molecular formula is C20H27N5O2. The number of benzene rings is 1. The fourth-order valence-corrected chi connectivity index (χ4v) is 3.48. The van der Waals surface area contributed by atoms with Crippen molar-refractivity contribution >= 4 is 5.82 Å². The number of hydrogen-bond donors (Lipinski definition) is 3. The van der Waals surface area contributed by atoms with E-state index in [2.05, 4.69) is 16.0 Å². The van der Waals surface area contributed by atoms with E-state index in [4.69, 9.17) is 16.3 Å². The molecule has 2 heterocycles. The van der Waals surface area contributed by atoms with Gasteiger partial charge in [0.05, 0.1) is 7.11 Å². The maximum atomic E-state index is 9.66. The van der Waals surface area contributed by atoms with Crippen LogP contribution in [0.15, 0.2) is 54.5 Å². The van der Waals surface area contributed by atoms with Crippen molar-refractivity contribution in [1.82, 2.24) is 9.88 Å². The molecule has 2 aromatic rings. The number of phenolic OH excluding ortho intramolecular Hbond substituents is 1. The van der Waals surface area contributed by atoms with Gasteiger partial charge >= 0.3 is 0 Å². The van der Waals surface area contributed by atoms with Gasteiger partial charge in [-0.2, -0.15) is 0 Å². The van der Waals surface area contributed by atoms with Crippen LogP contribution in [0.3, 0.4) is 0 Å². The Hall–Kier alpha value is -2.77. The third-order valence-corrected chi connectivity index (χ3v) is 4.86. The molecule has 0 aliphatic carbocycles. The number of hydrogen-bond acceptors (Lipinski definition) is 7. The molecule has 27 heavy (non-hydrogen) atoms. The van der Waals surface area contributed by atoms with E-state index >= 15 is 0 Å². The number of aromatic nitrogens is 1. The number of piperidine rings is 1. The van der Waals surface area contributed by atoms with Crippen LogP contribution in [0.25, 0.3) is 0 Å². The molecular weight excluding hydrogens is 342 g/mol. The molecule has 1 aliphatic rings. The van der Waals surface area contributed by atoms with Crippen LogP contribution in [0.5, 0.6) is 11.5 Å². The van der Waals surface area contributed by atoms with Crippen molar-refractivity contribution in [1.29, 1.82) is 0 Å². The summed E-state index contributed by atoms with van der Waals surface area (Å²) in [5, 5.41) is 11.1. The van der Waals surface area contributed by atoms with Crippen LogP contribution < -0.4 is 21.3 Å². The largest absolute Gasteiger partial charge is 0.508 e. The van der Waals surface area contributed by atoms with E-state index < -0.39 is 0 Å². The molecule has 3 rings (SSSR count). The fraction of sp³-hybridized carbons (Fsp3) is 0.350. The molecule has 0 radical (unpaired) electrons. The summed E-state index contributed by atoms with van der Waals surface area (Å²) in [5.41, 5.74) is 8.07. The average molecular weight is 369 g/mol. The number of hydrazine groups is 1. The van der Waals surface area contributed by atoms with Gasteiger partial charge in [-0.15, -0.1) is 0 Å². The lowest BCUT2D eigenvalue weighted by Crippen LogP contribution is -2.37. The van der Waals surface area contributed by atoms with Gasteiger partial charge in [-0.25, -0.2) is 10.8 Å². The van der Waals surface area contributed by atoms with Crippen molar-refractivity contribution in [2.45, 2.75) is 18.8 Å². The Kier molecular flexibility index (Phi) is 6.16. The van der Waals surface area contributed by atoms with E-state index in [9.17, 15) is 5.11 Å². The lowest BCUT2D eigenvalue weighted by atomic mass is 9.89. The molecule has 0 spiro atoms. The Balaban J connectivity index is 1.56. The standard InChI is InChI=1S/C20H27N5O2/c1-27-19-6-3-9-23-20(19)25(22)14-17(21)13-24-10-7-15(8-11-24)16-4-2-5-18(26)12-16/h2-6,9,12,14-15,26H,7-8,10-11,13,21-22H2,1H3/b17-14-. The summed E-state index contributed by atoms with van der Waals surface area (Å²) in [4.78, 5) is 6.56. The number of methoxy groups -OCH3 is 1. The normalized spacial score (nSPS) is 16.3. The highest BCUT2D eigenvalue weighted by molar-refractivity contribution is 5.53. The number of likely N-dealkylation sites (tertiary alicyclic amines) is 1. The molecule has 0 bridgehead atoms. The third kappa shape index (κ3) is 4.90. The van der Waals surface area contributed by atoms with Gasteiger partial charge in [0.2, 0.25) is 0 Å². The third-order valence-electron chi connectivity index (χ3n) is 4.86. The summed E-state index contributed by atoms with van der Waals surface area (Å²) in [7, 11) is 1.58. The van der Waals surface area contributed by atoms with Gasteiger partial charge in [-0.1, -0.05) is 12.1 Å². The highest BCUT2D eigenvalue weighted by atomic mass is 16.5. The van der Waals surface area contributed by atoms with Gasteiger partial charge in [-0.05, 0) is 61.7 Å². The van der Waals surface area contributed by atoms with Crippen LogP contribution in [0, 0.1) is 0 Å². The second-order valence-corrected chi connectivity index (χ2v) is 6.79. The van der Waals surface area contributed by atoms with E-state index in [0.717, 1.165) is 25.9 Å². The zero-order valence-corrected chi connectivity index (χ0v) is 15.6. The van der Waals surface area contributed by atoms with Crippen molar-refractivity contribution in [2.24, 2.45) is 11.6 Å². The lowest BCUT2D eigenvalue weighted by Gasteiger charge is -2.32. The minimum atomic E-state index is 0.329. The van der Waals surface area contributed by atoms with Crippen LogP contribution >= 0.6 is 0 Å². The second-order valence-electron chi connectivity index (χ2n) is 6.79. The second kappa shape index (κ2) is 8.75. The first kappa shape index (κ1) is 19.0. The van der Waals surface area contributed by atoms with Crippen molar-refractivity contribution in [3.8, 4) is 11.5 Å². The quantitative estimate of drug-likeness (QED) is 0.530. The molecule has 7 heteroatoms. The molecule has 1 aliphatic heterocycles. The number of anilines is 1. The predicted molar refractivity (Wildman–Crippen MR) is 106 cm³/mol. The molecule has 5 N–H and O–H groups in total. The SMILES string of the molecule is COc1cccnc1N(N)/C=C(\N)CN1CCC(c2cccc(O)c2)CC1. The number of aromatic hydroxyl groups is 1. The molecule has 0 atom stereocenters. The minimum absolute atomic E-state index is 0.329. The van der Waals surface area contributed by atoms with E-state index in [0.29, 0.717) is 35.5 Å². The Bertz CT molecular complexity index is 787. The summed E-state index contributed by atoms with van der Waals surface area (Å²) in [6.45, 7) is 2.55. The maximum absolute atomic E-state index is 9.66. The van der Waals surface area contributed by atoms with E-state index in [-0.39, 0.29) is 0 Å². The van der Waals surface area contributed by atoms with E-state index in [1.165, 1.54) is 10.6 Å². The molecule has 7 nitrogen and oxygen atoms in total. The Morgan fingerprint density at radius 2 is 2.11 bits per heavy atom. The van der Waals surface area contributed by atoms with Crippen LogP contribution in [-0.2, 0) is 0 Å². The van der Waals surface area contributed by atoms with Crippen LogP contribution in [0.2, 0.25) is 0 Å². The zero-order chi connectivity index (χ0) is 19.2. The number of phenols is 1. The van der Waals surface area contributed by atoms with Gasteiger partial charge in [0.25, 0.3) is 0 Å². The summed E-state index contributed by atoms with van der Waals surface area (Å²) >= 11 is 0. The Labute approximate surface area is 159 Å². The molecule has 0 amide bonds. The van der Waals surface area contributed by atoms with Gasteiger partial charge in [0.15, 0.2) is 11.6 Å². The number of rotatable bonds is 6. The van der Waals surface area contributed by atoms with Crippen LogP contribution in [0.4, 0.5) is 5.82 Å². The number of ether oxygens (including phenoxy) is 1. The minimum Gasteiger partial charge on any atom is -0.508 e. The van der Waals surface area contributed by atoms with Crippen LogP contribution in [-0.4, -0.2) is 41.7 Å². The average Bonchev–Trinajstić information content (AvgIpc) is 2.68. The highest BCUT2D eigenvalue weighted by Crippen LogP contribution is 2.30. The zero-order valence-electron chi connectivity index (χ0n) is 15.6. The van der Waals surface area contributed by atoms with Crippen molar-refractivity contribution in [3.63, 3.8) is 0 Å². The number of nitrogens with zero attached hydrogens (tertiary/aromatic N) is 3. The predicted octanol–water partition coefficient (Wildman–Crippen LogP) is 2.16. The topological polar surface area (TPSA) is 101 Å². The van der Waals surface area contributed by atoms with Crippen molar-refractivity contribution in [3.05, 3.63) is 60.1 Å². The first-order chi connectivity index (χ1) is 13.1. The molecule has 1 aromatic heterocycles. The van der Waals surface area contributed by atoms with Gasteiger partial charge < -0.3 is 15.6 Å². The molecule has 1 fully saturated rings. The van der Waals surface area contributed by atoms with Gasteiger partial charge in [-0.3, -0.25) is 9.91 Å². The van der Waals surface area contributed by atoms with Crippen LogP contribution in [0.1, 0.15) is 24.3 Å². The first-order valence-corrected chi connectivity index (χ1v) is 9.07. The fourth-order valence-electron chi connectivity index (χ4n) is 3.48. The molecule has 0 saturated carbocycles. The van der Waals surface area contributed by atoms with E-state index in [1.807, 2.05) is 12.1 Å². The monoisotopic (exact) mass is 369 g/mol. The summed E-state index contributed by atoms with van der Waals surface area (Å²) < 4.78 is 5.28. The van der Waals surface area contributed by atoms with Crippen molar-refractivity contribution < 1.29 is 9.84 Å². The molecule has 144 valence electrons.